The van der Waals surface area contributed by atoms with Crippen LogP contribution in [0.25, 0.3) is 11.1 Å². The van der Waals surface area contributed by atoms with E-state index < -0.39 is 29.7 Å². The van der Waals surface area contributed by atoms with Gasteiger partial charge in [-0.25, -0.2) is 9.59 Å². The van der Waals surface area contributed by atoms with Crippen molar-refractivity contribution in [2.24, 2.45) is 0 Å². The molecular formula is C32H28ClN5O6. The van der Waals surface area contributed by atoms with Gasteiger partial charge >= 0.3 is 12.2 Å². The predicted octanol–water partition coefficient (Wildman–Crippen LogP) is 5.46. The lowest BCUT2D eigenvalue weighted by molar-refractivity contribution is -0.133. The Morgan fingerprint density at radius 1 is 1.02 bits per heavy atom. The lowest BCUT2D eigenvalue weighted by Gasteiger charge is -2.35. The summed E-state index contributed by atoms with van der Waals surface area (Å²) in [5.74, 6) is -0.819. The number of ether oxygens (including phenoxy) is 1. The summed E-state index contributed by atoms with van der Waals surface area (Å²) in [5, 5.41) is 17.2. The van der Waals surface area contributed by atoms with Crippen molar-refractivity contribution in [1.29, 1.82) is 0 Å². The van der Waals surface area contributed by atoms with E-state index in [4.69, 9.17) is 21.4 Å². The Balaban J connectivity index is 1.25. The number of halogens is 1. The van der Waals surface area contributed by atoms with Gasteiger partial charge in [0, 0.05) is 53.6 Å². The van der Waals surface area contributed by atoms with Crippen molar-refractivity contribution in [2.45, 2.75) is 24.5 Å². The van der Waals surface area contributed by atoms with Gasteiger partial charge in [-0.3, -0.25) is 20.2 Å². The van der Waals surface area contributed by atoms with Crippen molar-refractivity contribution < 1.29 is 29.0 Å². The Kier molecular flexibility index (Phi) is 7.71. The van der Waals surface area contributed by atoms with Crippen LogP contribution in [0, 0.1) is 0 Å². The molecule has 4 aromatic rings. The number of fused-ring (bicyclic) bond motifs is 2. The van der Waals surface area contributed by atoms with Crippen LogP contribution in [0.15, 0.2) is 85.2 Å². The van der Waals surface area contributed by atoms with Gasteiger partial charge in [-0.05, 0) is 65.2 Å². The summed E-state index contributed by atoms with van der Waals surface area (Å²) in [6.45, 7) is 0.396. The Morgan fingerprint density at radius 3 is 2.50 bits per heavy atom. The number of aromatic nitrogens is 1. The molecule has 1 fully saturated rings. The van der Waals surface area contributed by atoms with Crippen molar-refractivity contribution >= 4 is 47.0 Å². The number of hydrogen-bond acceptors (Lipinski definition) is 5. The quantitative estimate of drug-likeness (QED) is 0.187. The fraction of sp³-hybridized carbons (Fsp3) is 0.188. The first kappa shape index (κ1) is 28.8. The maximum atomic E-state index is 14.1. The van der Waals surface area contributed by atoms with Crippen LogP contribution >= 0.6 is 11.6 Å². The molecule has 44 heavy (non-hydrogen) atoms. The van der Waals surface area contributed by atoms with Crippen LogP contribution < -0.4 is 16.0 Å². The van der Waals surface area contributed by atoms with E-state index >= 15 is 0 Å². The first-order valence-electron chi connectivity index (χ1n) is 13.9. The highest BCUT2D eigenvalue weighted by Crippen LogP contribution is 2.44. The highest BCUT2D eigenvalue weighted by atomic mass is 35.5. The van der Waals surface area contributed by atoms with Gasteiger partial charge in [-0.2, -0.15) is 0 Å². The molecule has 1 saturated heterocycles. The van der Waals surface area contributed by atoms with Gasteiger partial charge in [-0.1, -0.05) is 35.9 Å². The summed E-state index contributed by atoms with van der Waals surface area (Å²) in [6, 6.07) is 19.8. The molecule has 224 valence electrons. The second kappa shape index (κ2) is 11.8. The van der Waals surface area contributed by atoms with E-state index in [0.29, 0.717) is 34.9 Å². The summed E-state index contributed by atoms with van der Waals surface area (Å²) >= 11 is 6.28. The predicted molar refractivity (Wildman–Crippen MR) is 164 cm³/mol. The van der Waals surface area contributed by atoms with Gasteiger partial charge in [0.25, 0.3) is 5.91 Å². The largest absolute Gasteiger partial charge is 0.465 e. The minimum atomic E-state index is -1.22. The molecule has 12 heteroatoms. The molecule has 0 aliphatic carbocycles. The zero-order valence-corrected chi connectivity index (χ0v) is 24.1. The lowest BCUT2D eigenvalue weighted by atomic mass is 9.90. The standard InChI is InChI=1S/C32H28ClN5O6/c33-23-7-10-26-25(16-23)32(44-31(43)37-26)12-14-38(18-32)29(40)27(15-19-1-3-20(4-2-19)22-11-13-34-17-22)36-28(39)21-5-8-24(9-6-21)35-30(41)42/h1-11,13,16-17,27,34-35H,12,14-15,18H2,(H,36,39)(H,37,43)(H,41,42)/t27-,32-/m0/s1. The summed E-state index contributed by atoms with van der Waals surface area (Å²) in [5.41, 5.74) is 3.63. The summed E-state index contributed by atoms with van der Waals surface area (Å²) in [6.07, 6.45) is 2.48. The zero-order chi connectivity index (χ0) is 30.8. The minimum absolute atomic E-state index is 0.0982. The van der Waals surface area contributed by atoms with Crippen molar-refractivity contribution in [2.75, 3.05) is 23.7 Å². The van der Waals surface area contributed by atoms with Crippen LogP contribution in [0.5, 0.6) is 0 Å². The molecule has 6 rings (SSSR count). The summed E-state index contributed by atoms with van der Waals surface area (Å²) in [7, 11) is 0. The Hall–Kier alpha value is -5.29. The van der Waals surface area contributed by atoms with Crippen LogP contribution in [0.4, 0.5) is 21.0 Å². The fourth-order valence-electron chi connectivity index (χ4n) is 5.71. The molecule has 4 amide bonds. The zero-order valence-electron chi connectivity index (χ0n) is 23.3. The van der Waals surface area contributed by atoms with Gasteiger partial charge in [-0.15, -0.1) is 0 Å². The third-order valence-electron chi connectivity index (χ3n) is 7.87. The van der Waals surface area contributed by atoms with E-state index in [2.05, 4.69) is 20.9 Å². The first-order valence-corrected chi connectivity index (χ1v) is 14.3. The summed E-state index contributed by atoms with van der Waals surface area (Å²) in [4.78, 5) is 55.4. The molecule has 2 atom stereocenters. The number of likely N-dealkylation sites (tertiary alicyclic amines) is 1. The fourth-order valence-corrected chi connectivity index (χ4v) is 5.88. The molecule has 0 bridgehead atoms. The second-order valence-corrected chi connectivity index (χ2v) is 11.2. The number of rotatable bonds is 7. The molecule has 1 aromatic heterocycles. The normalized spacial score (nSPS) is 17.8. The number of anilines is 2. The number of nitrogens with one attached hydrogen (secondary N) is 4. The molecule has 2 aliphatic rings. The van der Waals surface area contributed by atoms with E-state index in [1.54, 1.807) is 23.1 Å². The molecule has 2 aliphatic heterocycles. The number of nitrogens with zero attached hydrogens (tertiary/aromatic N) is 1. The Bertz CT molecular complexity index is 1730. The summed E-state index contributed by atoms with van der Waals surface area (Å²) < 4.78 is 5.79. The molecule has 0 saturated carbocycles. The molecule has 3 heterocycles. The smallest absolute Gasteiger partial charge is 0.412 e. The number of hydrogen-bond donors (Lipinski definition) is 5. The molecular weight excluding hydrogens is 586 g/mol. The number of carboxylic acid groups (broad SMARTS) is 1. The molecule has 11 nitrogen and oxygen atoms in total. The molecule has 1 spiro atoms. The van der Waals surface area contributed by atoms with E-state index in [-0.39, 0.29) is 24.4 Å². The van der Waals surface area contributed by atoms with E-state index in [9.17, 15) is 19.2 Å². The monoisotopic (exact) mass is 613 g/mol. The Morgan fingerprint density at radius 2 is 1.80 bits per heavy atom. The number of amides is 4. The number of carbonyl (C=O) groups excluding carboxylic acids is 3. The third kappa shape index (κ3) is 5.95. The maximum Gasteiger partial charge on any atom is 0.412 e. The highest BCUT2D eigenvalue weighted by molar-refractivity contribution is 6.30. The van der Waals surface area contributed by atoms with Crippen LogP contribution in [-0.2, 0) is 21.6 Å². The van der Waals surface area contributed by atoms with E-state index in [0.717, 1.165) is 16.7 Å². The van der Waals surface area contributed by atoms with Crippen LogP contribution in [0.3, 0.4) is 0 Å². The second-order valence-electron chi connectivity index (χ2n) is 10.7. The Labute approximate surface area is 257 Å². The van der Waals surface area contributed by atoms with Gasteiger partial charge in [0.1, 0.15) is 6.04 Å². The topological polar surface area (TPSA) is 153 Å². The van der Waals surface area contributed by atoms with E-state index in [1.165, 1.54) is 24.3 Å². The van der Waals surface area contributed by atoms with Crippen molar-refractivity contribution in [3.05, 3.63) is 107 Å². The molecule has 3 aromatic carbocycles. The highest BCUT2D eigenvalue weighted by Gasteiger charge is 2.49. The molecule has 0 radical (unpaired) electrons. The average Bonchev–Trinajstić information content (AvgIpc) is 3.69. The van der Waals surface area contributed by atoms with Gasteiger partial charge in [0.2, 0.25) is 5.91 Å². The van der Waals surface area contributed by atoms with Crippen LogP contribution in [0.1, 0.15) is 27.9 Å². The number of H-pyrrole nitrogens is 1. The van der Waals surface area contributed by atoms with E-state index in [1.807, 2.05) is 42.7 Å². The lowest BCUT2D eigenvalue weighted by Crippen LogP contribution is -2.50. The van der Waals surface area contributed by atoms with Crippen molar-refractivity contribution in [3.63, 3.8) is 0 Å². The molecule has 0 unspecified atom stereocenters. The van der Waals surface area contributed by atoms with Gasteiger partial charge in [0.05, 0.1) is 12.2 Å². The van der Waals surface area contributed by atoms with Crippen LogP contribution in [-0.4, -0.2) is 58.1 Å². The maximum absolute atomic E-state index is 14.1. The minimum Gasteiger partial charge on any atom is -0.465 e. The average molecular weight is 614 g/mol. The van der Waals surface area contributed by atoms with Crippen molar-refractivity contribution in [3.8, 4) is 11.1 Å². The number of aromatic amines is 1. The van der Waals surface area contributed by atoms with Gasteiger partial charge in [0.15, 0.2) is 5.60 Å². The van der Waals surface area contributed by atoms with Gasteiger partial charge < -0.3 is 25.0 Å². The van der Waals surface area contributed by atoms with Crippen LogP contribution in [0.2, 0.25) is 5.02 Å². The number of carbonyl (C=O) groups is 4. The third-order valence-corrected chi connectivity index (χ3v) is 8.10. The molecule has 5 N–H and O–H groups in total. The van der Waals surface area contributed by atoms with Crippen molar-refractivity contribution in [1.82, 2.24) is 15.2 Å². The SMILES string of the molecule is O=C(O)Nc1ccc(C(=O)N[C@@H](Cc2ccc(-c3cc[nH]c3)cc2)C(=O)N2CC[C@@]3(C2)OC(=O)Nc2ccc(Cl)cc23)cc1. The first-order chi connectivity index (χ1) is 21.2. The number of benzene rings is 3.